The first-order valence-corrected chi connectivity index (χ1v) is 37.0. The smallest absolute Gasteiger partial charge is 0.0134 e. The maximum atomic E-state index is 4.72. The Hall–Kier alpha value is -8.61. The van der Waals surface area contributed by atoms with Gasteiger partial charge in [-0.2, -0.15) is 0 Å². The Morgan fingerprint density at radius 3 is 0.652 bits per heavy atom. The summed E-state index contributed by atoms with van der Waals surface area (Å²) in [6, 6.07) is 139. The van der Waals surface area contributed by atoms with Crippen molar-refractivity contribution in [1.82, 2.24) is 4.98 Å². The minimum Gasteiger partial charge on any atom is -0.0622 e. The summed E-state index contributed by atoms with van der Waals surface area (Å²) in [5.41, 5.74) is 0.985. The predicted octanol–water partition coefficient (Wildman–Crippen LogP) is 16.4. The van der Waals surface area contributed by atoms with E-state index in [-0.39, 0.29) is 0 Å². The van der Waals surface area contributed by atoms with Crippen molar-refractivity contribution in [1.29, 1.82) is 0 Å². The van der Waals surface area contributed by atoms with Gasteiger partial charge in [-0.15, -0.1) is 0 Å². The molecular formula is C84H68NOP4PdS. The third-order valence-corrected chi connectivity index (χ3v) is 25.0. The van der Waals surface area contributed by atoms with E-state index in [1.54, 1.807) is 17.5 Å². The molecule has 0 spiro atoms. The van der Waals surface area contributed by atoms with Gasteiger partial charge in [0.15, 0.2) is 0 Å². The van der Waals surface area contributed by atoms with Crippen LogP contribution in [0.2, 0.25) is 0 Å². The van der Waals surface area contributed by atoms with Crippen LogP contribution in [0.3, 0.4) is 0 Å². The van der Waals surface area contributed by atoms with Crippen LogP contribution in [0.15, 0.2) is 401 Å². The second-order valence-electron chi connectivity index (χ2n) is 20.3. The molecule has 451 valence electrons. The largest absolute Gasteiger partial charge is 0.0622 e. The molecule has 0 saturated heterocycles. The molecule has 2 heterocycles. The summed E-state index contributed by atoms with van der Waals surface area (Å²) in [5.74, 6) is 5.92. The molecule has 0 aliphatic heterocycles. The van der Waals surface area contributed by atoms with Crippen LogP contribution in [0.25, 0.3) is 10.6 Å². The summed E-state index contributed by atoms with van der Waals surface area (Å²) < 4.78 is 4.72. The SMILES string of the molecule is [Pd][O]CC#Cc1ccc(-c2ccccn2)s1.c1ccc(P(c2ccccc2)c2ccccc2)cc1.c1ccc(P(c2ccccc2)c2ccccc2)cc1.c1ccc(P(c2ccccc2)c2ccccc2)cc1.c1ccc(P(c2ccccc2)c2ccccc2)cc1. The van der Waals surface area contributed by atoms with Crippen molar-refractivity contribution in [2.45, 2.75) is 0 Å². The van der Waals surface area contributed by atoms with Crippen LogP contribution in [0.1, 0.15) is 4.88 Å². The fourth-order valence-corrected chi connectivity index (χ4v) is 20.1. The molecule has 8 heteroatoms. The number of rotatable bonds is 14. The molecule has 0 fully saturated rings. The van der Waals surface area contributed by atoms with Gasteiger partial charge in [0, 0.05) is 0 Å². The molecular weight excluding hydrogens is 1300 g/mol. The summed E-state index contributed by atoms with van der Waals surface area (Å²) in [5, 5.41) is 16.8. The summed E-state index contributed by atoms with van der Waals surface area (Å²) in [7, 11) is -1.78. The molecule has 0 radical (unpaired) electrons. The van der Waals surface area contributed by atoms with E-state index in [2.05, 4.69) is 400 Å². The molecule has 0 aliphatic rings. The molecule has 0 unspecified atom stereocenters. The van der Waals surface area contributed by atoms with E-state index >= 15 is 0 Å². The van der Waals surface area contributed by atoms with Crippen LogP contribution in [0.5, 0.6) is 0 Å². The second-order valence-corrected chi connectivity index (χ2v) is 30.7. The molecule has 14 aromatic rings. The number of hydrogen-bond donors (Lipinski definition) is 0. The fourth-order valence-electron chi connectivity index (χ4n) is 9.91. The topological polar surface area (TPSA) is 22.1 Å². The van der Waals surface area contributed by atoms with Crippen LogP contribution in [-0.4, -0.2) is 11.6 Å². The van der Waals surface area contributed by atoms with Gasteiger partial charge in [0.1, 0.15) is 0 Å². The Bertz CT molecular complexity index is 3470. The van der Waals surface area contributed by atoms with E-state index in [1.165, 1.54) is 63.7 Å². The average Bonchev–Trinajstić information content (AvgIpc) is 1.67. The monoisotopic (exact) mass is 1370 g/mol. The Morgan fingerprint density at radius 1 is 0.261 bits per heavy atom. The van der Waals surface area contributed by atoms with Crippen LogP contribution < -0.4 is 63.7 Å². The summed E-state index contributed by atoms with van der Waals surface area (Å²) in [6.07, 6.45) is 1.79. The molecule has 12 aromatic carbocycles. The zero-order chi connectivity index (χ0) is 62.9. The molecule has 14 rings (SSSR count). The van der Waals surface area contributed by atoms with Gasteiger partial charge in [0.2, 0.25) is 0 Å². The molecule has 2 nitrogen and oxygen atoms in total. The Labute approximate surface area is 564 Å². The van der Waals surface area contributed by atoms with Gasteiger partial charge in [0.25, 0.3) is 0 Å². The van der Waals surface area contributed by atoms with Crippen molar-refractivity contribution in [3.05, 3.63) is 405 Å². The number of thiophene rings is 1. The second kappa shape index (κ2) is 37.7. The van der Waals surface area contributed by atoms with Gasteiger partial charge in [-0.05, 0) is 95.3 Å². The Morgan fingerprint density at radius 2 is 0.467 bits per heavy atom. The number of hydrogen-bond acceptors (Lipinski definition) is 3. The van der Waals surface area contributed by atoms with E-state index in [9.17, 15) is 0 Å². The zero-order valence-corrected chi connectivity index (χ0v) is 56.6. The summed E-state index contributed by atoms with van der Waals surface area (Å²) in [6.45, 7) is 0.402. The van der Waals surface area contributed by atoms with E-state index in [1.807, 2.05) is 30.3 Å². The molecule has 0 atom stereocenters. The molecule has 2 aromatic heterocycles. The van der Waals surface area contributed by atoms with Crippen molar-refractivity contribution in [3.63, 3.8) is 0 Å². The van der Waals surface area contributed by atoms with Crippen LogP contribution in [-0.2, 0) is 23.0 Å². The molecule has 0 aliphatic carbocycles. The molecule has 92 heavy (non-hydrogen) atoms. The normalized spacial score (nSPS) is 10.4. The van der Waals surface area contributed by atoms with Crippen molar-refractivity contribution in [3.8, 4) is 22.4 Å². The molecule has 0 bridgehead atoms. The van der Waals surface area contributed by atoms with Crippen LogP contribution in [0, 0.1) is 11.8 Å². The first-order chi connectivity index (χ1) is 45.7. The molecule has 0 N–H and O–H groups in total. The quantitative estimate of drug-likeness (QED) is 0.0615. The Kier molecular flexibility index (Phi) is 27.1. The van der Waals surface area contributed by atoms with E-state index in [4.69, 9.17) is 3.46 Å². The first-order valence-electron chi connectivity index (χ1n) is 30.2. The van der Waals surface area contributed by atoms with E-state index in [0.29, 0.717) is 6.61 Å². The average molecular weight is 1370 g/mol. The minimum atomic E-state index is -0.446. The zero-order valence-electron chi connectivity index (χ0n) is 50.7. The number of benzene rings is 12. The standard InChI is InChI=1S/4C18H15P.C12H8NOS.Pd/c4*1-4-10-16(11-5-1)19(17-12-6-2-7-13-17)18-14-8-3-9-15-18;14-9-3-4-10-6-7-12(15-10)11-5-1-2-8-13-11;/h4*1-15H;1-2,5-8H,9H2;/q;;;;-1;+1. The number of pyridine rings is 1. The molecule has 0 amide bonds. The maximum Gasteiger partial charge on any atom is -0.0134 e. The predicted molar refractivity (Wildman–Crippen MR) is 401 cm³/mol. The molecule has 0 saturated carbocycles. The van der Waals surface area contributed by atoms with Gasteiger partial charge in [-0.25, -0.2) is 0 Å². The third-order valence-electron chi connectivity index (χ3n) is 14.0. The number of nitrogens with zero attached hydrogens (tertiary/aromatic N) is 1. The van der Waals surface area contributed by atoms with Crippen molar-refractivity contribution >= 4 is 107 Å². The van der Waals surface area contributed by atoms with Gasteiger partial charge in [-0.1, -0.05) is 364 Å². The first kappa shape index (κ1) is 66.3. The summed E-state index contributed by atoms with van der Waals surface area (Å²) in [4.78, 5) is 6.44. The third kappa shape index (κ3) is 20.2. The minimum absolute atomic E-state index is 0.402. The van der Waals surface area contributed by atoms with Crippen molar-refractivity contribution < 1.29 is 23.0 Å². The van der Waals surface area contributed by atoms with Crippen LogP contribution >= 0.6 is 43.0 Å². The maximum absolute atomic E-state index is 4.72. The van der Waals surface area contributed by atoms with Gasteiger partial charge in [0.05, 0.1) is 0 Å². The Balaban J connectivity index is 0.000000126. The van der Waals surface area contributed by atoms with Gasteiger partial charge < -0.3 is 0 Å². The fraction of sp³-hybridized carbons (Fsp3) is 0.0119. The van der Waals surface area contributed by atoms with E-state index < -0.39 is 31.7 Å². The van der Waals surface area contributed by atoms with Crippen molar-refractivity contribution in [2.24, 2.45) is 0 Å². The summed E-state index contributed by atoms with van der Waals surface area (Å²) >= 11 is 4.25. The van der Waals surface area contributed by atoms with Gasteiger partial charge >= 0.3 is 110 Å². The van der Waals surface area contributed by atoms with E-state index in [0.717, 1.165) is 15.4 Å². The number of aromatic nitrogens is 1. The van der Waals surface area contributed by atoms with Crippen LogP contribution in [0.4, 0.5) is 0 Å². The van der Waals surface area contributed by atoms with Crippen molar-refractivity contribution in [2.75, 3.05) is 6.61 Å². The van der Waals surface area contributed by atoms with Gasteiger partial charge in [-0.3, -0.25) is 0 Å².